The number of hydrogen-bond donors (Lipinski definition) is 4. The Morgan fingerprint density at radius 2 is 1.35 bits per heavy atom. The maximum Gasteiger partial charge on any atom is 0.328 e. The third kappa shape index (κ3) is 5.86. The van der Waals surface area contributed by atoms with Gasteiger partial charge in [-0.3, -0.25) is 20.4 Å². The van der Waals surface area contributed by atoms with Crippen LogP contribution < -0.4 is 21.5 Å². The van der Waals surface area contributed by atoms with Gasteiger partial charge in [-0.05, 0) is 54.9 Å². The van der Waals surface area contributed by atoms with Crippen molar-refractivity contribution < 1.29 is 9.59 Å². The number of hydrazine groups is 1. The molecule has 0 spiro atoms. The van der Waals surface area contributed by atoms with Crippen molar-refractivity contribution in [3.63, 3.8) is 0 Å². The summed E-state index contributed by atoms with van der Waals surface area (Å²) in [6, 6.07) is 14.9. The summed E-state index contributed by atoms with van der Waals surface area (Å²) in [5.41, 5.74) is 8.37. The minimum atomic E-state index is -0.843. The standard InChI is InChI=1S/C19H22N4O2S/c1-12(2)14-6-10-16(11-7-14)21-19(26)23-22-18(25)17(24)20-15-8-4-13(3)5-9-15/h4-12H,1-3H3,(H,20,24)(H,22,25)(H2,21,23,26). The fraction of sp³-hybridized carbons (Fsp3) is 0.211. The molecule has 0 aliphatic heterocycles. The zero-order chi connectivity index (χ0) is 19.1. The van der Waals surface area contributed by atoms with Gasteiger partial charge < -0.3 is 10.6 Å². The molecule has 0 saturated heterocycles. The number of hydrogen-bond acceptors (Lipinski definition) is 3. The van der Waals surface area contributed by atoms with E-state index >= 15 is 0 Å². The number of carbonyl (C=O) groups is 2. The van der Waals surface area contributed by atoms with Gasteiger partial charge in [0.05, 0.1) is 0 Å². The maximum absolute atomic E-state index is 11.8. The molecule has 26 heavy (non-hydrogen) atoms. The fourth-order valence-electron chi connectivity index (χ4n) is 2.11. The SMILES string of the molecule is Cc1ccc(NC(=O)C(=O)NNC(=S)Nc2ccc(C(C)C)cc2)cc1. The molecule has 0 atom stereocenters. The van der Waals surface area contributed by atoms with Crippen LogP contribution in [0, 0.1) is 6.92 Å². The van der Waals surface area contributed by atoms with Crippen LogP contribution in [0.1, 0.15) is 30.9 Å². The molecule has 136 valence electrons. The van der Waals surface area contributed by atoms with Crippen molar-refractivity contribution >= 4 is 40.5 Å². The zero-order valence-electron chi connectivity index (χ0n) is 14.9. The molecule has 2 amide bonds. The zero-order valence-corrected chi connectivity index (χ0v) is 15.7. The van der Waals surface area contributed by atoms with Crippen LogP contribution in [0.4, 0.5) is 11.4 Å². The van der Waals surface area contributed by atoms with Gasteiger partial charge in [0.1, 0.15) is 0 Å². The summed E-state index contributed by atoms with van der Waals surface area (Å²) < 4.78 is 0. The molecular formula is C19H22N4O2S. The smallest absolute Gasteiger partial charge is 0.328 e. The average Bonchev–Trinajstić information content (AvgIpc) is 2.62. The Morgan fingerprint density at radius 1 is 0.808 bits per heavy atom. The van der Waals surface area contributed by atoms with Crippen molar-refractivity contribution in [1.82, 2.24) is 10.9 Å². The molecule has 4 N–H and O–H groups in total. The lowest BCUT2D eigenvalue weighted by molar-refractivity contribution is -0.136. The van der Waals surface area contributed by atoms with Crippen molar-refractivity contribution in [2.45, 2.75) is 26.7 Å². The molecule has 2 aromatic rings. The number of carbonyl (C=O) groups excluding carboxylic acids is 2. The van der Waals surface area contributed by atoms with E-state index in [-0.39, 0.29) is 5.11 Å². The van der Waals surface area contributed by atoms with E-state index in [1.54, 1.807) is 12.1 Å². The molecule has 0 aromatic heterocycles. The van der Waals surface area contributed by atoms with Crippen molar-refractivity contribution in [2.75, 3.05) is 10.6 Å². The number of aryl methyl sites for hydroxylation is 1. The molecule has 0 saturated carbocycles. The lowest BCUT2D eigenvalue weighted by Crippen LogP contribution is -2.48. The molecular weight excluding hydrogens is 348 g/mol. The molecule has 0 aliphatic rings. The first-order chi connectivity index (χ1) is 12.3. The van der Waals surface area contributed by atoms with Gasteiger partial charge >= 0.3 is 11.8 Å². The van der Waals surface area contributed by atoms with E-state index in [0.29, 0.717) is 11.6 Å². The van der Waals surface area contributed by atoms with Crippen LogP contribution in [0.25, 0.3) is 0 Å². The van der Waals surface area contributed by atoms with Crippen molar-refractivity contribution in [1.29, 1.82) is 0 Å². The first kappa shape index (κ1) is 19.4. The van der Waals surface area contributed by atoms with Gasteiger partial charge in [-0.25, -0.2) is 0 Å². The summed E-state index contributed by atoms with van der Waals surface area (Å²) in [6.45, 7) is 6.17. The van der Waals surface area contributed by atoms with E-state index in [0.717, 1.165) is 11.3 Å². The van der Waals surface area contributed by atoms with Crippen LogP contribution in [-0.2, 0) is 9.59 Å². The van der Waals surface area contributed by atoms with Crippen LogP contribution >= 0.6 is 12.2 Å². The largest absolute Gasteiger partial charge is 0.331 e. The highest BCUT2D eigenvalue weighted by molar-refractivity contribution is 7.80. The normalized spacial score (nSPS) is 10.2. The summed E-state index contributed by atoms with van der Waals surface area (Å²) in [6.07, 6.45) is 0. The molecule has 7 heteroatoms. The Balaban J connectivity index is 1.79. The average molecular weight is 370 g/mol. The summed E-state index contributed by atoms with van der Waals surface area (Å²) in [7, 11) is 0. The van der Waals surface area contributed by atoms with Gasteiger partial charge in [0.25, 0.3) is 0 Å². The van der Waals surface area contributed by atoms with E-state index < -0.39 is 11.8 Å². The first-order valence-corrected chi connectivity index (χ1v) is 8.61. The van der Waals surface area contributed by atoms with Gasteiger partial charge in [-0.2, -0.15) is 0 Å². The predicted molar refractivity (Wildman–Crippen MR) is 108 cm³/mol. The van der Waals surface area contributed by atoms with Crippen molar-refractivity contribution in [2.24, 2.45) is 0 Å². The van der Waals surface area contributed by atoms with Gasteiger partial charge in [0.2, 0.25) is 0 Å². The second-order valence-corrected chi connectivity index (χ2v) is 6.54. The minimum absolute atomic E-state index is 0.179. The monoisotopic (exact) mass is 370 g/mol. The molecule has 2 rings (SSSR count). The molecule has 0 radical (unpaired) electrons. The molecule has 0 heterocycles. The quantitative estimate of drug-likeness (QED) is 0.379. The van der Waals surface area contributed by atoms with Gasteiger partial charge in [-0.1, -0.05) is 43.7 Å². The van der Waals surface area contributed by atoms with Crippen molar-refractivity contribution in [3.05, 3.63) is 59.7 Å². The number of rotatable bonds is 3. The van der Waals surface area contributed by atoms with E-state index in [2.05, 4.69) is 35.3 Å². The van der Waals surface area contributed by atoms with Crippen LogP contribution in [-0.4, -0.2) is 16.9 Å². The van der Waals surface area contributed by atoms with E-state index in [1.165, 1.54) is 5.56 Å². The summed E-state index contributed by atoms with van der Waals surface area (Å²) in [4.78, 5) is 23.7. The molecule has 0 unspecified atom stereocenters. The van der Waals surface area contributed by atoms with Crippen LogP contribution in [0.5, 0.6) is 0 Å². The highest BCUT2D eigenvalue weighted by atomic mass is 32.1. The van der Waals surface area contributed by atoms with Crippen LogP contribution in [0.3, 0.4) is 0 Å². The second-order valence-electron chi connectivity index (χ2n) is 6.13. The van der Waals surface area contributed by atoms with E-state index in [1.807, 2.05) is 43.3 Å². The fourth-order valence-corrected chi connectivity index (χ4v) is 2.28. The number of thiocarbonyl (C=S) groups is 1. The predicted octanol–water partition coefficient (Wildman–Crippen LogP) is 3.07. The van der Waals surface area contributed by atoms with Gasteiger partial charge in [0, 0.05) is 11.4 Å². The highest BCUT2D eigenvalue weighted by Gasteiger charge is 2.13. The van der Waals surface area contributed by atoms with Crippen LogP contribution in [0.2, 0.25) is 0 Å². The van der Waals surface area contributed by atoms with Crippen molar-refractivity contribution in [3.8, 4) is 0 Å². The Kier molecular flexibility index (Phi) is 6.68. The first-order valence-electron chi connectivity index (χ1n) is 8.20. The molecule has 2 aromatic carbocycles. The van der Waals surface area contributed by atoms with E-state index in [9.17, 15) is 9.59 Å². The Hall–Kier alpha value is -2.93. The maximum atomic E-state index is 11.8. The summed E-state index contributed by atoms with van der Waals surface area (Å²) in [5, 5.41) is 5.62. The number of anilines is 2. The third-order valence-electron chi connectivity index (χ3n) is 3.64. The molecule has 0 bridgehead atoms. The van der Waals surface area contributed by atoms with Gasteiger partial charge in [0.15, 0.2) is 5.11 Å². The molecule has 6 nitrogen and oxygen atoms in total. The minimum Gasteiger partial charge on any atom is -0.331 e. The Labute approximate surface area is 158 Å². The third-order valence-corrected chi connectivity index (χ3v) is 3.84. The number of nitrogens with one attached hydrogen (secondary N) is 4. The van der Waals surface area contributed by atoms with E-state index in [4.69, 9.17) is 12.2 Å². The molecule has 0 aliphatic carbocycles. The molecule has 0 fully saturated rings. The lowest BCUT2D eigenvalue weighted by Gasteiger charge is -2.12. The summed E-state index contributed by atoms with van der Waals surface area (Å²) >= 11 is 5.10. The highest BCUT2D eigenvalue weighted by Crippen LogP contribution is 2.16. The lowest BCUT2D eigenvalue weighted by atomic mass is 10.0. The van der Waals surface area contributed by atoms with Crippen LogP contribution in [0.15, 0.2) is 48.5 Å². The Bertz CT molecular complexity index is 786. The number of benzene rings is 2. The second kappa shape index (κ2) is 8.96. The summed E-state index contributed by atoms with van der Waals surface area (Å²) in [5.74, 6) is -1.18. The number of amides is 2. The Morgan fingerprint density at radius 3 is 1.92 bits per heavy atom. The van der Waals surface area contributed by atoms with Gasteiger partial charge in [-0.15, -0.1) is 0 Å². The topological polar surface area (TPSA) is 82.3 Å².